The van der Waals surface area contributed by atoms with Crippen LogP contribution in [-0.4, -0.2) is 51.7 Å². The van der Waals surface area contributed by atoms with E-state index < -0.39 is 17.6 Å². The number of ether oxygens (including phenoxy) is 1. The molecule has 2 aromatic rings. The van der Waals surface area contributed by atoms with Crippen LogP contribution >= 0.6 is 0 Å². The summed E-state index contributed by atoms with van der Waals surface area (Å²) in [6.07, 6.45) is 3.73. The van der Waals surface area contributed by atoms with Crippen LogP contribution < -0.4 is 21.3 Å². The van der Waals surface area contributed by atoms with Crippen LogP contribution in [0.25, 0.3) is 0 Å². The average Bonchev–Trinajstić information content (AvgIpc) is 3.02. The molecule has 0 unspecified atom stereocenters. The number of primary amides is 1. The van der Waals surface area contributed by atoms with Gasteiger partial charge in [-0.3, -0.25) is 9.78 Å². The largest absolute Gasteiger partial charge is 0.444 e. The van der Waals surface area contributed by atoms with Gasteiger partial charge in [-0.1, -0.05) is 27.7 Å². The summed E-state index contributed by atoms with van der Waals surface area (Å²) in [4.78, 5) is 40.5. The summed E-state index contributed by atoms with van der Waals surface area (Å²) >= 11 is 0. The predicted octanol–water partition coefficient (Wildman–Crippen LogP) is 4.84. The third-order valence-corrected chi connectivity index (χ3v) is 6.03. The molecule has 0 bridgehead atoms. The number of hydrogen-bond acceptors (Lipinski definition) is 8. The Hall–Kier alpha value is -3.43. The molecule has 2 amide bonds. The lowest BCUT2D eigenvalue weighted by Gasteiger charge is -2.27. The van der Waals surface area contributed by atoms with Gasteiger partial charge in [-0.2, -0.15) is 4.98 Å². The number of nitrogens with zero attached hydrogens (tertiary/aromatic N) is 4. The van der Waals surface area contributed by atoms with Crippen molar-refractivity contribution in [3.05, 3.63) is 35.3 Å². The Labute approximate surface area is 219 Å². The van der Waals surface area contributed by atoms with Crippen LogP contribution in [0.4, 0.5) is 22.2 Å². The lowest BCUT2D eigenvalue weighted by Crippen LogP contribution is -2.45. The molecule has 4 N–H and O–H groups in total. The maximum Gasteiger partial charge on any atom is 0.407 e. The Morgan fingerprint density at radius 1 is 1.08 bits per heavy atom. The van der Waals surface area contributed by atoms with Crippen molar-refractivity contribution in [2.24, 2.45) is 5.73 Å². The lowest BCUT2D eigenvalue weighted by molar-refractivity contribution is 0.0504. The fourth-order valence-electron chi connectivity index (χ4n) is 4.09. The van der Waals surface area contributed by atoms with E-state index in [2.05, 4.69) is 43.3 Å². The molecule has 1 aliphatic rings. The smallest absolute Gasteiger partial charge is 0.407 e. The van der Waals surface area contributed by atoms with E-state index in [4.69, 9.17) is 20.4 Å². The molecule has 1 fully saturated rings. The van der Waals surface area contributed by atoms with Gasteiger partial charge in [0, 0.05) is 42.4 Å². The van der Waals surface area contributed by atoms with Gasteiger partial charge in [0.1, 0.15) is 17.0 Å². The molecule has 0 aliphatic carbocycles. The highest BCUT2D eigenvalue weighted by molar-refractivity contribution is 5.98. The van der Waals surface area contributed by atoms with Gasteiger partial charge in [-0.05, 0) is 64.0 Å². The van der Waals surface area contributed by atoms with Crippen LogP contribution in [0.2, 0.25) is 0 Å². The minimum absolute atomic E-state index is 0.115. The summed E-state index contributed by atoms with van der Waals surface area (Å²) in [5.74, 6) is 0.669. The Morgan fingerprint density at radius 3 is 2.30 bits per heavy atom. The molecule has 37 heavy (non-hydrogen) atoms. The molecule has 2 aromatic heterocycles. The number of aromatic nitrogens is 3. The SMILES string of the molecule is CC(C)c1cc(Nc2nc(N3CCCC[C@@H](NC(=O)OC(C)(C)C)C3)ncc2C(N)=O)cc(C(C)C)n1. The molecule has 10 heteroatoms. The third kappa shape index (κ3) is 8.03. The van der Waals surface area contributed by atoms with Gasteiger partial charge in [0.2, 0.25) is 5.95 Å². The zero-order valence-electron chi connectivity index (χ0n) is 23.1. The van der Waals surface area contributed by atoms with Gasteiger partial charge >= 0.3 is 6.09 Å². The lowest BCUT2D eigenvalue weighted by atomic mass is 10.0. The van der Waals surface area contributed by atoms with Crippen molar-refractivity contribution in [2.45, 2.75) is 91.2 Å². The Bertz CT molecular complexity index is 1090. The average molecular weight is 512 g/mol. The zero-order chi connectivity index (χ0) is 27.3. The van der Waals surface area contributed by atoms with Crippen LogP contribution in [0.1, 0.15) is 101 Å². The van der Waals surface area contributed by atoms with Gasteiger partial charge in [-0.15, -0.1) is 0 Å². The monoisotopic (exact) mass is 511 g/mol. The number of carbonyl (C=O) groups is 2. The van der Waals surface area contributed by atoms with E-state index in [0.717, 1.165) is 42.9 Å². The first-order valence-corrected chi connectivity index (χ1v) is 13.0. The van der Waals surface area contributed by atoms with Gasteiger partial charge in [0.05, 0.1) is 0 Å². The van der Waals surface area contributed by atoms with Crippen molar-refractivity contribution >= 4 is 29.5 Å². The Morgan fingerprint density at radius 2 is 1.73 bits per heavy atom. The second-order valence-corrected chi connectivity index (χ2v) is 11.2. The van der Waals surface area contributed by atoms with Crippen LogP contribution in [0.15, 0.2) is 18.3 Å². The van der Waals surface area contributed by atoms with E-state index in [1.807, 2.05) is 37.8 Å². The first kappa shape index (κ1) is 28.1. The highest BCUT2D eigenvalue weighted by Crippen LogP contribution is 2.27. The van der Waals surface area contributed by atoms with Crippen molar-refractivity contribution in [2.75, 3.05) is 23.3 Å². The molecule has 0 radical (unpaired) electrons. The highest BCUT2D eigenvalue weighted by atomic mass is 16.6. The molecule has 1 aliphatic heterocycles. The molecular formula is C27H41N7O3. The maximum atomic E-state index is 12.4. The normalized spacial score (nSPS) is 16.5. The summed E-state index contributed by atoms with van der Waals surface area (Å²) in [6, 6.07) is 3.82. The molecule has 202 valence electrons. The topological polar surface area (TPSA) is 135 Å². The number of nitrogens with one attached hydrogen (secondary N) is 2. The number of hydrogen-bond donors (Lipinski definition) is 3. The van der Waals surface area contributed by atoms with Crippen molar-refractivity contribution in [1.29, 1.82) is 0 Å². The standard InChI is InChI=1S/C27H41N7O3/c1-16(2)21-12-19(13-22(32-21)17(3)4)30-24-20(23(28)35)14-29-25(33-24)34-11-9-8-10-18(15-34)31-26(36)37-27(5,6)7/h12-14,16-18H,8-11,15H2,1-7H3,(H2,28,35)(H,31,36)(H,29,30,32,33)/t18-/m1/s1. The summed E-state index contributed by atoms with van der Waals surface area (Å²) in [5.41, 5.74) is 7.98. The van der Waals surface area contributed by atoms with Crippen LogP contribution in [0.5, 0.6) is 0 Å². The molecule has 0 spiro atoms. The summed E-state index contributed by atoms with van der Waals surface area (Å²) < 4.78 is 5.44. The third-order valence-electron chi connectivity index (χ3n) is 6.03. The minimum Gasteiger partial charge on any atom is -0.444 e. The fourth-order valence-corrected chi connectivity index (χ4v) is 4.09. The molecule has 1 atom stereocenters. The van der Waals surface area contributed by atoms with E-state index in [0.29, 0.717) is 18.3 Å². The number of amides is 2. The van der Waals surface area contributed by atoms with Crippen LogP contribution in [0.3, 0.4) is 0 Å². The fraction of sp³-hybridized carbons (Fsp3) is 0.593. The molecule has 10 nitrogen and oxygen atoms in total. The van der Waals surface area contributed by atoms with Gasteiger partial charge in [0.15, 0.2) is 0 Å². The number of carbonyl (C=O) groups excluding carboxylic acids is 2. The van der Waals surface area contributed by atoms with Gasteiger partial charge in [0.25, 0.3) is 5.91 Å². The number of alkyl carbamates (subject to hydrolysis) is 1. The maximum absolute atomic E-state index is 12.4. The van der Waals surface area contributed by atoms with Crippen LogP contribution in [-0.2, 0) is 4.74 Å². The summed E-state index contributed by atoms with van der Waals surface area (Å²) in [6.45, 7) is 15.1. The van der Waals surface area contributed by atoms with Gasteiger partial charge < -0.3 is 26.0 Å². The van der Waals surface area contributed by atoms with E-state index in [1.54, 1.807) is 0 Å². The summed E-state index contributed by atoms with van der Waals surface area (Å²) in [5, 5.41) is 6.28. The Kier molecular flexibility index (Phi) is 8.94. The first-order chi connectivity index (χ1) is 17.3. The second kappa shape index (κ2) is 11.7. The quantitative estimate of drug-likeness (QED) is 0.480. The van der Waals surface area contributed by atoms with E-state index in [-0.39, 0.29) is 23.4 Å². The predicted molar refractivity (Wildman–Crippen MR) is 145 cm³/mol. The van der Waals surface area contributed by atoms with Crippen molar-refractivity contribution in [1.82, 2.24) is 20.3 Å². The summed E-state index contributed by atoms with van der Waals surface area (Å²) in [7, 11) is 0. The Balaban J connectivity index is 1.89. The first-order valence-electron chi connectivity index (χ1n) is 13.0. The number of rotatable bonds is 7. The molecule has 1 saturated heterocycles. The van der Waals surface area contributed by atoms with Crippen LogP contribution in [0, 0.1) is 0 Å². The molecule has 3 rings (SSSR count). The van der Waals surface area contributed by atoms with Crippen molar-refractivity contribution in [3.8, 4) is 0 Å². The van der Waals surface area contributed by atoms with Crippen molar-refractivity contribution in [3.63, 3.8) is 0 Å². The molecule has 3 heterocycles. The second-order valence-electron chi connectivity index (χ2n) is 11.2. The zero-order valence-corrected chi connectivity index (χ0v) is 23.1. The molecular weight excluding hydrogens is 470 g/mol. The number of pyridine rings is 1. The minimum atomic E-state index is -0.614. The van der Waals surface area contributed by atoms with E-state index in [1.165, 1.54) is 6.20 Å². The van der Waals surface area contributed by atoms with Gasteiger partial charge in [-0.25, -0.2) is 9.78 Å². The van der Waals surface area contributed by atoms with E-state index in [9.17, 15) is 9.59 Å². The van der Waals surface area contributed by atoms with E-state index >= 15 is 0 Å². The van der Waals surface area contributed by atoms with Crippen molar-refractivity contribution < 1.29 is 14.3 Å². The highest BCUT2D eigenvalue weighted by Gasteiger charge is 2.25. The number of anilines is 3. The molecule has 0 aromatic carbocycles. The number of nitrogens with two attached hydrogens (primary N) is 1. The molecule has 0 saturated carbocycles.